The van der Waals surface area contributed by atoms with Crippen molar-refractivity contribution in [3.63, 3.8) is 0 Å². The van der Waals surface area contributed by atoms with Gasteiger partial charge in [0, 0.05) is 30.9 Å². The van der Waals surface area contributed by atoms with Gasteiger partial charge in [0.25, 0.3) is 0 Å². The Balaban J connectivity index is 1.76. The summed E-state index contributed by atoms with van der Waals surface area (Å²) in [6, 6.07) is 12.6. The van der Waals surface area contributed by atoms with Gasteiger partial charge in [0.2, 0.25) is 0 Å². The number of rotatable bonds is 5. The average molecular weight is 377 g/mol. The van der Waals surface area contributed by atoms with Crippen LogP contribution in [-0.2, 0) is 18.3 Å². The molecule has 3 aromatic rings. The number of esters is 1. The van der Waals surface area contributed by atoms with Gasteiger partial charge in [-0.25, -0.2) is 4.79 Å². The molecular formula is C23H27N3O2. The quantitative estimate of drug-likeness (QED) is 0.619. The molecule has 146 valence electrons. The number of aryl methyl sites for hydroxylation is 2. The summed E-state index contributed by atoms with van der Waals surface area (Å²) < 4.78 is 7.57. The number of pyridine rings is 1. The van der Waals surface area contributed by atoms with Gasteiger partial charge in [-0.1, -0.05) is 18.2 Å². The van der Waals surface area contributed by atoms with Gasteiger partial charge in [0.05, 0.1) is 29.4 Å². The first-order chi connectivity index (χ1) is 13.6. The van der Waals surface area contributed by atoms with E-state index in [-0.39, 0.29) is 5.97 Å². The summed E-state index contributed by atoms with van der Waals surface area (Å²) in [4.78, 5) is 20.1. The predicted octanol–water partition coefficient (Wildman–Crippen LogP) is 4.40. The second kappa shape index (κ2) is 7.76. The van der Waals surface area contributed by atoms with Crippen molar-refractivity contribution in [3.05, 3.63) is 65.1 Å². The highest BCUT2D eigenvalue weighted by Gasteiger charge is 2.30. The minimum atomic E-state index is -0.275. The van der Waals surface area contributed by atoms with Crippen molar-refractivity contribution >= 4 is 16.9 Å². The number of likely N-dealkylation sites (tertiary alicyclic amines) is 1. The minimum absolute atomic E-state index is 0.275. The van der Waals surface area contributed by atoms with Gasteiger partial charge in [0.1, 0.15) is 0 Å². The van der Waals surface area contributed by atoms with E-state index in [1.54, 1.807) is 0 Å². The summed E-state index contributed by atoms with van der Waals surface area (Å²) in [6.45, 7) is 5.85. The van der Waals surface area contributed by atoms with Crippen LogP contribution in [-0.4, -0.2) is 33.6 Å². The molecule has 4 rings (SSSR count). The number of aromatic nitrogens is 2. The molecule has 0 N–H and O–H groups in total. The number of fused-ring (bicyclic) bond motifs is 1. The first kappa shape index (κ1) is 18.7. The number of hydrogen-bond acceptors (Lipinski definition) is 4. The molecule has 0 bridgehead atoms. The van der Waals surface area contributed by atoms with Crippen LogP contribution in [0, 0.1) is 6.92 Å². The van der Waals surface area contributed by atoms with E-state index in [1.165, 1.54) is 5.69 Å². The molecule has 1 saturated heterocycles. The van der Waals surface area contributed by atoms with Crippen LogP contribution in [0.2, 0.25) is 0 Å². The Hall–Kier alpha value is -2.66. The van der Waals surface area contributed by atoms with Crippen molar-refractivity contribution < 1.29 is 9.53 Å². The van der Waals surface area contributed by atoms with E-state index in [1.807, 2.05) is 38.1 Å². The van der Waals surface area contributed by atoms with E-state index in [0.29, 0.717) is 24.8 Å². The molecule has 1 fully saturated rings. The summed E-state index contributed by atoms with van der Waals surface area (Å²) in [5, 5.41) is 1.01. The molecule has 0 radical (unpaired) electrons. The molecule has 1 atom stereocenters. The molecule has 1 aromatic carbocycles. The van der Waals surface area contributed by atoms with E-state index in [4.69, 9.17) is 9.72 Å². The Labute approximate surface area is 165 Å². The largest absolute Gasteiger partial charge is 0.462 e. The van der Waals surface area contributed by atoms with Crippen LogP contribution >= 0.6 is 0 Å². The topological polar surface area (TPSA) is 47.4 Å². The summed E-state index contributed by atoms with van der Waals surface area (Å²) in [7, 11) is 2.09. The SMILES string of the molecule is CCOC(=O)c1c(CN2CCC[C@H]2c2cccn2C)nc2ccccc2c1C. The maximum Gasteiger partial charge on any atom is 0.340 e. The van der Waals surface area contributed by atoms with E-state index >= 15 is 0 Å². The summed E-state index contributed by atoms with van der Waals surface area (Å²) in [5.74, 6) is -0.275. The lowest BCUT2D eigenvalue weighted by molar-refractivity contribution is 0.0522. The Morgan fingerprint density at radius 3 is 2.82 bits per heavy atom. The van der Waals surface area contributed by atoms with Crippen LogP contribution in [0.3, 0.4) is 0 Å². The lowest BCUT2D eigenvalue weighted by Gasteiger charge is -2.26. The molecule has 0 spiro atoms. The highest BCUT2D eigenvalue weighted by Crippen LogP contribution is 2.34. The lowest BCUT2D eigenvalue weighted by Crippen LogP contribution is -2.26. The molecule has 1 aliphatic heterocycles. The molecule has 0 saturated carbocycles. The first-order valence-corrected chi connectivity index (χ1v) is 10.0. The summed E-state index contributed by atoms with van der Waals surface area (Å²) in [6.07, 6.45) is 4.37. The van der Waals surface area contributed by atoms with Crippen molar-refractivity contribution in [2.45, 2.75) is 39.3 Å². The van der Waals surface area contributed by atoms with Crippen LogP contribution in [0.25, 0.3) is 10.9 Å². The highest BCUT2D eigenvalue weighted by atomic mass is 16.5. The monoisotopic (exact) mass is 377 g/mol. The van der Waals surface area contributed by atoms with Gasteiger partial charge >= 0.3 is 5.97 Å². The first-order valence-electron chi connectivity index (χ1n) is 10.0. The van der Waals surface area contributed by atoms with Gasteiger partial charge in [-0.3, -0.25) is 9.88 Å². The second-order valence-electron chi connectivity index (χ2n) is 7.47. The molecule has 0 amide bonds. The molecular weight excluding hydrogens is 350 g/mol. The van der Waals surface area contributed by atoms with Gasteiger partial charge in [-0.05, 0) is 57.0 Å². The number of hydrogen-bond donors (Lipinski definition) is 0. The smallest absolute Gasteiger partial charge is 0.340 e. The number of benzene rings is 1. The van der Waals surface area contributed by atoms with Crippen molar-refractivity contribution in [3.8, 4) is 0 Å². The Morgan fingerprint density at radius 2 is 2.07 bits per heavy atom. The van der Waals surface area contributed by atoms with E-state index in [2.05, 4.69) is 34.8 Å². The fourth-order valence-electron chi connectivity index (χ4n) is 4.39. The van der Waals surface area contributed by atoms with Gasteiger partial charge in [-0.15, -0.1) is 0 Å². The maximum absolute atomic E-state index is 12.8. The van der Waals surface area contributed by atoms with Crippen LogP contribution in [0.15, 0.2) is 42.6 Å². The number of carbonyl (C=O) groups is 1. The lowest BCUT2D eigenvalue weighted by atomic mass is 10.0. The van der Waals surface area contributed by atoms with Crippen LogP contribution in [0.4, 0.5) is 0 Å². The molecule has 28 heavy (non-hydrogen) atoms. The Bertz CT molecular complexity index is 1010. The van der Waals surface area contributed by atoms with Gasteiger partial charge < -0.3 is 9.30 Å². The fraction of sp³-hybridized carbons (Fsp3) is 0.391. The number of nitrogens with zero attached hydrogens (tertiary/aromatic N) is 3. The molecule has 5 heteroatoms. The third kappa shape index (κ3) is 3.31. The highest BCUT2D eigenvalue weighted by molar-refractivity contribution is 5.98. The number of ether oxygens (including phenoxy) is 1. The molecule has 5 nitrogen and oxygen atoms in total. The van der Waals surface area contributed by atoms with Gasteiger partial charge in [-0.2, -0.15) is 0 Å². The van der Waals surface area contributed by atoms with Crippen LogP contribution in [0.5, 0.6) is 0 Å². The van der Waals surface area contributed by atoms with Crippen molar-refractivity contribution in [1.82, 2.24) is 14.5 Å². The normalized spacial score (nSPS) is 17.3. The number of para-hydroxylation sites is 1. The minimum Gasteiger partial charge on any atom is -0.462 e. The molecule has 0 aliphatic carbocycles. The molecule has 2 aromatic heterocycles. The zero-order chi connectivity index (χ0) is 19.7. The third-order valence-electron chi connectivity index (χ3n) is 5.75. The van der Waals surface area contributed by atoms with Crippen LogP contribution in [0.1, 0.15) is 53.1 Å². The second-order valence-corrected chi connectivity index (χ2v) is 7.47. The third-order valence-corrected chi connectivity index (χ3v) is 5.75. The van der Waals surface area contributed by atoms with Gasteiger partial charge in [0.15, 0.2) is 0 Å². The Morgan fingerprint density at radius 1 is 1.25 bits per heavy atom. The van der Waals surface area contributed by atoms with Crippen LogP contribution < -0.4 is 0 Å². The molecule has 1 aliphatic rings. The van der Waals surface area contributed by atoms with Crippen molar-refractivity contribution in [2.75, 3.05) is 13.2 Å². The fourth-order valence-corrected chi connectivity index (χ4v) is 4.39. The average Bonchev–Trinajstić information content (AvgIpc) is 3.30. The van der Waals surface area contributed by atoms with Crippen molar-refractivity contribution in [2.24, 2.45) is 7.05 Å². The maximum atomic E-state index is 12.8. The van der Waals surface area contributed by atoms with E-state index in [0.717, 1.165) is 41.5 Å². The molecule has 0 unspecified atom stereocenters. The standard InChI is InChI=1S/C23H27N3O2/c1-4-28-23(27)22-16(2)17-9-5-6-10-18(17)24-19(22)15-26-14-8-12-21(26)20-11-7-13-25(20)3/h5-7,9-11,13,21H,4,8,12,14-15H2,1-3H3/t21-/m0/s1. The molecule has 3 heterocycles. The zero-order valence-electron chi connectivity index (χ0n) is 16.8. The van der Waals surface area contributed by atoms with E-state index in [9.17, 15) is 4.79 Å². The summed E-state index contributed by atoms with van der Waals surface area (Å²) in [5.41, 5.74) is 4.63. The zero-order valence-corrected chi connectivity index (χ0v) is 16.8. The van der Waals surface area contributed by atoms with Crippen molar-refractivity contribution in [1.29, 1.82) is 0 Å². The number of carbonyl (C=O) groups excluding carboxylic acids is 1. The Kier molecular flexibility index (Phi) is 5.18. The summed E-state index contributed by atoms with van der Waals surface area (Å²) >= 11 is 0. The predicted molar refractivity (Wildman–Crippen MR) is 110 cm³/mol. The van der Waals surface area contributed by atoms with E-state index < -0.39 is 0 Å².